The number of allylic oxidation sites excluding steroid dienone is 1. The summed E-state index contributed by atoms with van der Waals surface area (Å²) in [5.41, 5.74) is 0.824. The van der Waals surface area contributed by atoms with Gasteiger partial charge in [0.15, 0.2) is 0 Å². The van der Waals surface area contributed by atoms with E-state index in [4.69, 9.17) is 5.26 Å². The Morgan fingerprint density at radius 3 is 1.67 bits per heavy atom. The van der Waals surface area contributed by atoms with E-state index in [2.05, 4.69) is 6.07 Å². The first kappa shape index (κ1) is 10.8. The van der Waals surface area contributed by atoms with Crippen molar-refractivity contribution in [3.8, 4) is 6.07 Å². The van der Waals surface area contributed by atoms with Crippen LogP contribution in [0, 0.1) is 11.3 Å². The van der Waals surface area contributed by atoms with Gasteiger partial charge in [0.1, 0.15) is 5.82 Å². The highest BCUT2D eigenvalue weighted by Crippen LogP contribution is 2.11. The third-order valence-electron chi connectivity index (χ3n) is 1.61. The molecule has 0 saturated heterocycles. The monoisotopic (exact) mass is 167 g/mol. The summed E-state index contributed by atoms with van der Waals surface area (Å²) in [6.07, 6.45) is 0.780. The average molecular weight is 167 g/mol. The van der Waals surface area contributed by atoms with Gasteiger partial charge in [-0.2, -0.15) is 5.26 Å². The Bertz CT molecular complexity index is 198. The third kappa shape index (κ3) is 2.46. The standard InChI is InChI=1S/C9H17N3/c1-6-8(7-10)9(11(2)3)12(4)5/h6H2,1-5H3. The molecule has 0 atom stereocenters. The average Bonchev–Trinajstić information content (AvgIpc) is 1.98. The summed E-state index contributed by atoms with van der Waals surface area (Å²) in [4.78, 5) is 3.92. The zero-order valence-electron chi connectivity index (χ0n) is 8.55. The van der Waals surface area contributed by atoms with Crippen LogP contribution in [0.25, 0.3) is 0 Å². The topological polar surface area (TPSA) is 30.3 Å². The lowest BCUT2D eigenvalue weighted by molar-refractivity contribution is 0.337. The number of hydrogen-bond acceptors (Lipinski definition) is 3. The van der Waals surface area contributed by atoms with Crippen LogP contribution in [0.2, 0.25) is 0 Å². The molecule has 0 aromatic heterocycles. The third-order valence-corrected chi connectivity index (χ3v) is 1.61. The van der Waals surface area contributed by atoms with Gasteiger partial charge in [0.25, 0.3) is 0 Å². The summed E-state index contributed by atoms with van der Waals surface area (Å²) in [6.45, 7) is 1.99. The van der Waals surface area contributed by atoms with Gasteiger partial charge in [-0.05, 0) is 6.42 Å². The van der Waals surface area contributed by atoms with Gasteiger partial charge >= 0.3 is 0 Å². The van der Waals surface area contributed by atoms with Gasteiger partial charge in [-0.15, -0.1) is 0 Å². The summed E-state index contributed by atoms with van der Waals surface area (Å²) >= 11 is 0. The normalized spacial score (nSPS) is 8.67. The zero-order chi connectivity index (χ0) is 9.72. The van der Waals surface area contributed by atoms with Gasteiger partial charge in [-0.3, -0.25) is 0 Å². The number of rotatable bonds is 3. The quantitative estimate of drug-likeness (QED) is 0.593. The summed E-state index contributed by atoms with van der Waals surface area (Å²) in [5, 5.41) is 8.83. The predicted octanol–water partition coefficient (Wildman–Crippen LogP) is 1.25. The lowest BCUT2D eigenvalue weighted by atomic mass is 10.2. The molecule has 0 radical (unpaired) electrons. The predicted molar refractivity (Wildman–Crippen MR) is 50.3 cm³/mol. The van der Waals surface area contributed by atoms with Gasteiger partial charge in [0.2, 0.25) is 0 Å². The van der Waals surface area contributed by atoms with Crippen LogP contribution in [0.3, 0.4) is 0 Å². The summed E-state index contributed by atoms with van der Waals surface area (Å²) in [6, 6.07) is 2.21. The minimum Gasteiger partial charge on any atom is -0.364 e. The van der Waals surface area contributed by atoms with Gasteiger partial charge < -0.3 is 9.80 Å². The molecule has 0 aliphatic carbocycles. The highest BCUT2D eigenvalue weighted by atomic mass is 15.3. The number of hydrogen-bond donors (Lipinski definition) is 0. The van der Waals surface area contributed by atoms with E-state index in [1.807, 2.05) is 44.9 Å². The molecule has 0 bridgehead atoms. The second-order valence-corrected chi connectivity index (χ2v) is 3.06. The van der Waals surface area contributed by atoms with Crippen molar-refractivity contribution in [3.63, 3.8) is 0 Å². The smallest absolute Gasteiger partial charge is 0.117 e. The maximum absolute atomic E-state index is 8.83. The summed E-state index contributed by atoms with van der Waals surface area (Å²) in [7, 11) is 7.79. The van der Waals surface area contributed by atoms with Crippen molar-refractivity contribution in [2.24, 2.45) is 0 Å². The minimum absolute atomic E-state index is 0.780. The highest BCUT2D eigenvalue weighted by Gasteiger charge is 2.08. The lowest BCUT2D eigenvalue weighted by Crippen LogP contribution is -2.26. The van der Waals surface area contributed by atoms with Gasteiger partial charge in [0, 0.05) is 28.2 Å². The Morgan fingerprint density at radius 2 is 1.58 bits per heavy atom. The largest absolute Gasteiger partial charge is 0.364 e. The van der Waals surface area contributed by atoms with Crippen molar-refractivity contribution >= 4 is 0 Å². The fraction of sp³-hybridized carbons (Fsp3) is 0.667. The van der Waals surface area contributed by atoms with Crippen molar-refractivity contribution in [2.45, 2.75) is 13.3 Å². The van der Waals surface area contributed by atoms with E-state index in [-0.39, 0.29) is 0 Å². The van der Waals surface area contributed by atoms with Crippen molar-refractivity contribution in [1.29, 1.82) is 5.26 Å². The molecule has 0 aromatic rings. The van der Waals surface area contributed by atoms with Crippen LogP contribution in [-0.2, 0) is 0 Å². The fourth-order valence-electron chi connectivity index (χ4n) is 1.23. The van der Waals surface area contributed by atoms with E-state index >= 15 is 0 Å². The van der Waals surface area contributed by atoms with Crippen molar-refractivity contribution in [2.75, 3.05) is 28.2 Å². The lowest BCUT2D eigenvalue weighted by Gasteiger charge is -2.25. The van der Waals surface area contributed by atoms with E-state index in [9.17, 15) is 0 Å². The molecule has 0 spiro atoms. The first-order valence-corrected chi connectivity index (χ1v) is 4.02. The molecule has 3 heteroatoms. The summed E-state index contributed by atoms with van der Waals surface area (Å²) < 4.78 is 0. The minimum atomic E-state index is 0.780. The molecule has 12 heavy (non-hydrogen) atoms. The van der Waals surface area contributed by atoms with Crippen LogP contribution in [0.15, 0.2) is 11.4 Å². The molecule has 0 aliphatic heterocycles. The molecule has 0 aromatic carbocycles. The van der Waals surface area contributed by atoms with E-state index in [1.54, 1.807) is 0 Å². The van der Waals surface area contributed by atoms with Crippen LogP contribution in [-0.4, -0.2) is 38.0 Å². The molecular weight excluding hydrogens is 150 g/mol. The molecule has 68 valence electrons. The molecule has 0 heterocycles. The number of nitriles is 1. The highest BCUT2D eigenvalue weighted by molar-refractivity contribution is 5.25. The van der Waals surface area contributed by atoms with Crippen LogP contribution in [0.4, 0.5) is 0 Å². The molecule has 0 rings (SSSR count). The fourth-order valence-corrected chi connectivity index (χ4v) is 1.23. The zero-order valence-corrected chi connectivity index (χ0v) is 8.55. The van der Waals surface area contributed by atoms with Crippen molar-refractivity contribution in [1.82, 2.24) is 9.80 Å². The van der Waals surface area contributed by atoms with Gasteiger partial charge in [0.05, 0.1) is 11.6 Å². The molecular formula is C9H17N3. The van der Waals surface area contributed by atoms with Gasteiger partial charge in [-0.25, -0.2) is 0 Å². The maximum Gasteiger partial charge on any atom is 0.117 e. The summed E-state index contributed by atoms with van der Waals surface area (Å²) in [5.74, 6) is 0.986. The van der Waals surface area contributed by atoms with E-state index in [0.29, 0.717) is 0 Å². The molecule has 0 amide bonds. The Balaban J connectivity index is 4.93. The van der Waals surface area contributed by atoms with Crippen LogP contribution < -0.4 is 0 Å². The van der Waals surface area contributed by atoms with E-state index < -0.39 is 0 Å². The Kier molecular flexibility index (Phi) is 4.20. The first-order chi connectivity index (χ1) is 5.54. The molecule has 0 saturated carbocycles. The van der Waals surface area contributed by atoms with Gasteiger partial charge in [-0.1, -0.05) is 6.92 Å². The Hall–Kier alpha value is -1.17. The van der Waals surface area contributed by atoms with Crippen LogP contribution in [0.1, 0.15) is 13.3 Å². The molecule has 0 aliphatic rings. The van der Waals surface area contributed by atoms with E-state index in [1.165, 1.54) is 0 Å². The molecule has 3 nitrogen and oxygen atoms in total. The molecule has 0 unspecified atom stereocenters. The Labute approximate surface area is 74.9 Å². The van der Waals surface area contributed by atoms with Crippen molar-refractivity contribution in [3.05, 3.63) is 11.4 Å². The second kappa shape index (κ2) is 4.66. The first-order valence-electron chi connectivity index (χ1n) is 4.02. The van der Waals surface area contributed by atoms with Crippen LogP contribution in [0.5, 0.6) is 0 Å². The van der Waals surface area contributed by atoms with Crippen molar-refractivity contribution < 1.29 is 0 Å². The maximum atomic E-state index is 8.83. The van der Waals surface area contributed by atoms with Crippen LogP contribution >= 0.6 is 0 Å². The Morgan fingerprint density at radius 1 is 1.17 bits per heavy atom. The van der Waals surface area contributed by atoms with E-state index in [0.717, 1.165) is 17.8 Å². The number of nitrogens with zero attached hydrogens (tertiary/aromatic N) is 3. The molecule has 0 N–H and O–H groups in total. The SMILES string of the molecule is CCC(C#N)=C(N(C)C)N(C)C. The molecule has 0 fully saturated rings. The second-order valence-electron chi connectivity index (χ2n) is 3.06.